The zero-order chi connectivity index (χ0) is 13.8. The summed E-state index contributed by atoms with van der Waals surface area (Å²) in [5, 5.41) is 3.22. The summed E-state index contributed by atoms with van der Waals surface area (Å²) in [6.07, 6.45) is 5.20. The molecule has 1 aromatic rings. The van der Waals surface area contributed by atoms with Crippen LogP contribution in [0, 0.1) is 23.7 Å². The zero-order valence-corrected chi connectivity index (χ0v) is 12.2. The van der Waals surface area contributed by atoms with E-state index in [1.54, 1.807) is 6.26 Å². The highest BCUT2D eigenvalue weighted by molar-refractivity contribution is 5.93. The lowest BCUT2D eigenvalue weighted by Gasteiger charge is -2.39. The SMILES string of the molecule is Cc1ccoc1C(=O)NC1CC2CCC1(C)C2(C)C. The molecule has 1 N–H and O–H groups in total. The largest absolute Gasteiger partial charge is 0.459 e. The fourth-order valence-electron chi connectivity index (χ4n) is 4.25. The molecule has 0 saturated heterocycles. The highest BCUT2D eigenvalue weighted by atomic mass is 16.3. The second kappa shape index (κ2) is 3.87. The predicted molar refractivity (Wildman–Crippen MR) is 73.9 cm³/mol. The molecule has 3 unspecified atom stereocenters. The van der Waals surface area contributed by atoms with E-state index in [4.69, 9.17) is 4.42 Å². The third-order valence-corrected chi connectivity index (χ3v) is 6.17. The second-order valence-corrected chi connectivity index (χ2v) is 7.07. The number of furan rings is 1. The molecule has 104 valence electrons. The van der Waals surface area contributed by atoms with Gasteiger partial charge in [-0.3, -0.25) is 4.79 Å². The van der Waals surface area contributed by atoms with E-state index in [0.717, 1.165) is 17.9 Å². The van der Waals surface area contributed by atoms with Crippen LogP contribution in [0.5, 0.6) is 0 Å². The third kappa shape index (κ3) is 1.60. The number of fused-ring (bicyclic) bond motifs is 2. The first-order chi connectivity index (χ1) is 8.86. The lowest BCUT2D eigenvalue weighted by atomic mass is 9.69. The van der Waals surface area contributed by atoms with Crippen molar-refractivity contribution in [2.24, 2.45) is 16.7 Å². The number of hydrogen-bond donors (Lipinski definition) is 1. The summed E-state index contributed by atoms with van der Waals surface area (Å²) in [6, 6.07) is 2.11. The zero-order valence-electron chi connectivity index (χ0n) is 12.2. The molecule has 19 heavy (non-hydrogen) atoms. The molecule has 3 rings (SSSR count). The van der Waals surface area contributed by atoms with Crippen LogP contribution in [0.3, 0.4) is 0 Å². The summed E-state index contributed by atoms with van der Waals surface area (Å²) >= 11 is 0. The van der Waals surface area contributed by atoms with Crippen LogP contribution in [0.15, 0.2) is 16.7 Å². The summed E-state index contributed by atoms with van der Waals surface area (Å²) in [5.41, 5.74) is 1.45. The smallest absolute Gasteiger partial charge is 0.287 e. The molecule has 3 heteroatoms. The molecule has 1 heterocycles. The van der Waals surface area contributed by atoms with Crippen LogP contribution in [-0.4, -0.2) is 11.9 Å². The van der Waals surface area contributed by atoms with Gasteiger partial charge in [0.05, 0.1) is 6.26 Å². The van der Waals surface area contributed by atoms with Gasteiger partial charge >= 0.3 is 0 Å². The highest BCUT2D eigenvalue weighted by Crippen LogP contribution is 2.65. The molecule has 0 radical (unpaired) electrons. The van der Waals surface area contributed by atoms with Crippen molar-refractivity contribution in [3.63, 3.8) is 0 Å². The van der Waals surface area contributed by atoms with E-state index < -0.39 is 0 Å². The van der Waals surface area contributed by atoms with Gasteiger partial charge in [-0.15, -0.1) is 0 Å². The summed E-state index contributed by atoms with van der Waals surface area (Å²) in [4.78, 5) is 12.3. The van der Waals surface area contributed by atoms with E-state index in [-0.39, 0.29) is 17.4 Å². The molecule has 2 saturated carbocycles. The molecular formula is C16H23NO2. The van der Waals surface area contributed by atoms with Crippen molar-refractivity contribution < 1.29 is 9.21 Å². The van der Waals surface area contributed by atoms with Gasteiger partial charge in [0.1, 0.15) is 0 Å². The highest BCUT2D eigenvalue weighted by Gasteiger charge is 2.61. The van der Waals surface area contributed by atoms with Gasteiger partial charge in [0, 0.05) is 11.6 Å². The minimum absolute atomic E-state index is 0.0583. The first-order valence-electron chi connectivity index (χ1n) is 7.21. The quantitative estimate of drug-likeness (QED) is 0.885. The van der Waals surface area contributed by atoms with Gasteiger partial charge in [0.2, 0.25) is 0 Å². The minimum Gasteiger partial charge on any atom is -0.459 e. The Morgan fingerprint density at radius 1 is 1.42 bits per heavy atom. The minimum atomic E-state index is -0.0583. The molecule has 1 aromatic heterocycles. The maximum absolute atomic E-state index is 12.3. The van der Waals surface area contributed by atoms with E-state index in [9.17, 15) is 4.79 Å². The Hall–Kier alpha value is -1.25. The number of nitrogens with one attached hydrogen (secondary N) is 1. The van der Waals surface area contributed by atoms with E-state index in [2.05, 4.69) is 26.1 Å². The molecule has 1 amide bonds. The summed E-state index contributed by atoms with van der Waals surface area (Å²) in [5.74, 6) is 1.14. The molecule has 2 fully saturated rings. The molecule has 3 atom stereocenters. The second-order valence-electron chi connectivity index (χ2n) is 7.07. The first-order valence-corrected chi connectivity index (χ1v) is 7.21. The summed E-state index contributed by atoms with van der Waals surface area (Å²) < 4.78 is 5.29. The van der Waals surface area contributed by atoms with Crippen LogP contribution in [0.4, 0.5) is 0 Å². The van der Waals surface area contributed by atoms with E-state index in [1.165, 1.54) is 12.8 Å². The lowest BCUT2D eigenvalue weighted by molar-refractivity contribution is 0.0800. The van der Waals surface area contributed by atoms with Gasteiger partial charge < -0.3 is 9.73 Å². The maximum atomic E-state index is 12.3. The maximum Gasteiger partial charge on any atom is 0.287 e. The van der Waals surface area contributed by atoms with Crippen molar-refractivity contribution in [3.8, 4) is 0 Å². The van der Waals surface area contributed by atoms with Crippen LogP contribution in [-0.2, 0) is 0 Å². The molecule has 2 aliphatic carbocycles. The van der Waals surface area contributed by atoms with Crippen LogP contribution in [0.2, 0.25) is 0 Å². The summed E-state index contributed by atoms with van der Waals surface area (Å²) in [7, 11) is 0. The Labute approximate surface area is 114 Å². The molecule has 0 spiro atoms. The fourth-order valence-corrected chi connectivity index (χ4v) is 4.25. The summed E-state index contributed by atoms with van der Waals surface area (Å²) in [6.45, 7) is 8.95. The molecule has 0 aromatic carbocycles. The van der Waals surface area contributed by atoms with E-state index in [0.29, 0.717) is 11.2 Å². The lowest BCUT2D eigenvalue weighted by Crippen LogP contribution is -2.46. The van der Waals surface area contributed by atoms with Crippen molar-refractivity contribution >= 4 is 5.91 Å². The van der Waals surface area contributed by atoms with E-state index in [1.807, 2.05) is 13.0 Å². The Morgan fingerprint density at radius 2 is 2.16 bits per heavy atom. The van der Waals surface area contributed by atoms with Gasteiger partial charge in [0.15, 0.2) is 5.76 Å². The topological polar surface area (TPSA) is 42.2 Å². The number of rotatable bonds is 2. The molecule has 3 nitrogen and oxygen atoms in total. The number of carbonyl (C=O) groups is 1. The van der Waals surface area contributed by atoms with Crippen molar-refractivity contribution in [2.75, 3.05) is 0 Å². The van der Waals surface area contributed by atoms with Crippen molar-refractivity contribution in [3.05, 3.63) is 23.7 Å². The Morgan fingerprint density at radius 3 is 2.63 bits per heavy atom. The molecule has 2 aliphatic rings. The fraction of sp³-hybridized carbons (Fsp3) is 0.688. The van der Waals surface area contributed by atoms with Gasteiger partial charge in [-0.25, -0.2) is 0 Å². The monoisotopic (exact) mass is 261 g/mol. The normalized spacial score (nSPS) is 35.6. The molecule has 2 bridgehead atoms. The van der Waals surface area contributed by atoms with Crippen LogP contribution >= 0.6 is 0 Å². The number of amides is 1. The van der Waals surface area contributed by atoms with Crippen molar-refractivity contribution in [1.82, 2.24) is 5.32 Å². The predicted octanol–water partition coefficient (Wildman–Crippen LogP) is 3.53. The average Bonchev–Trinajstić information content (AvgIpc) is 2.90. The molecule has 0 aliphatic heterocycles. The number of carbonyl (C=O) groups excluding carboxylic acids is 1. The van der Waals surface area contributed by atoms with Gasteiger partial charge in [-0.1, -0.05) is 20.8 Å². The third-order valence-electron chi connectivity index (χ3n) is 6.17. The Bertz CT molecular complexity index is 517. The van der Waals surface area contributed by atoms with Gasteiger partial charge in [-0.2, -0.15) is 0 Å². The van der Waals surface area contributed by atoms with Crippen LogP contribution < -0.4 is 5.32 Å². The van der Waals surface area contributed by atoms with Gasteiger partial charge in [-0.05, 0) is 49.0 Å². The van der Waals surface area contributed by atoms with Gasteiger partial charge in [0.25, 0.3) is 5.91 Å². The molecular weight excluding hydrogens is 238 g/mol. The number of hydrogen-bond acceptors (Lipinski definition) is 2. The average molecular weight is 261 g/mol. The standard InChI is InChI=1S/C16H23NO2/c1-10-6-8-19-13(10)14(18)17-12-9-11-5-7-16(12,4)15(11,2)3/h6,8,11-12H,5,7,9H2,1-4H3,(H,17,18). The Kier molecular flexibility index (Phi) is 2.60. The van der Waals surface area contributed by atoms with E-state index >= 15 is 0 Å². The Balaban J connectivity index is 1.79. The van der Waals surface area contributed by atoms with Crippen molar-refractivity contribution in [1.29, 1.82) is 0 Å². The number of aryl methyl sites for hydroxylation is 1. The van der Waals surface area contributed by atoms with Crippen LogP contribution in [0.1, 0.15) is 56.2 Å². The first kappa shape index (κ1) is 12.8. The van der Waals surface area contributed by atoms with Crippen molar-refractivity contribution in [2.45, 2.75) is 53.0 Å². The van der Waals surface area contributed by atoms with Crippen LogP contribution in [0.25, 0.3) is 0 Å².